The largest absolute Gasteiger partial charge is 0.449 e. The summed E-state index contributed by atoms with van der Waals surface area (Å²) in [6.45, 7) is -1.40. The maximum absolute atomic E-state index is 12.4. The van der Waals surface area contributed by atoms with E-state index in [1.165, 1.54) is 0 Å². The van der Waals surface area contributed by atoms with Gasteiger partial charge < -0.3 is 9.80 Å². The zero-order valence-corrected chi connectivity index (χ0v) is 10.2. The van der Waals surface area contributed by atoms with Crippen LogP contribution in [0.25, 0.3) is 0 Å². The lowest BCUT2D eigenvalue weighted by atomic mass is 10.2. The maximum atomic E-state index is 12.4. The standard InChI is InChI=1S/C9H12F3N5O3/c10-9(11,12)8(14)16-4-3-15(5-6(16)13)7(18)1-2-17(19)20/h13-14H,1-5H2. The normalized spacial score (nSPS) is 16.2. The molecular weight excluding hydrogens is 283 g/mol. The van der Waals surface area contributed by atoms with E-state index in [-0.39, 0.29) is 19.5 Å². The second kappa shape index (κ2) is 5.84. The van der Waals surface area contributed by atoms with Crippen molar-refractivity contribution < 1.29 is 22.9 Å². The van der Waals surface area contributed by atoms with Gasteiger partial charge in [0.05, 0.1) is 13.0 Å². The zero-order chi connectivity index (χ0) is 15.5. The molecule has 0 unspecified atom stereocenters. The Balaban J connectivity index is 2.60. The van der Waals surface area contributed by atoms with Crippen molar-refractivity contribution in [3.63, 3.8) is 0 Å². The van der Waals surface area contributed by atoms with Crippen molar-refractivity contribution in [3.8, 4) is 0 Å². The first-order valence-corrected chi connectivity index (χ1v) is 5.53. The van der Waals surface area contributed by atoms with Crippen molar-refractivity contribution in [3.05, 3.63) is 10.1 Å². The summed E-state index contributed by atoms with van der Waals surface area (Å²) >= 11 is 0. The molecule has 112 valence electrons. The summed E-state index contributed by atoms with van der Waals surface area (Å²) in [5.74, 6) is -2.78. The number of alkyl halides is 3. The lowest BCUT2D eigenvalue weighted by molar-refractivity contribution is -0.478. The fourth-order valence-electron chi connectivity index (χ4n) is 1.66. The molecule has 0 aromatic rings. The number of piperazine rings is 1. The highest BCUT2D eigenvalue weighted by atomic mass is 19.4. The molecule has 1 fully saturated rings. The van der Waals surface area contributed by atoms with E-state index in [4.69, 9.17) is 10.8 Å². The molecule has 1 saturated heterocycles. The summed E-state index contributed by atoms with van der Waals surface area (Å²) in [5, 5.41) is 24.5. The number of amides is 1. The highest BCUT2D eigenvalue weighted by molar-refractivity contribution is 6.02. The second-order valence-corrected chi connectivity index (χ2v) is 4.07. The summed E-state index contributed by atoms with van der Waals surface area (Å²) in [6.07, 6.45) is -5.22. The number of nitro groups is 1. The average molecular weight is 295 g/mol. The highest BCUT2D eigenvalue weighted by Crippen LogP contribution is 2.20. The third-order valence-electron chi connectivity index (χ3n) is 2.66. The van der Waals surface area contributed by atoms with Crippen LogP contribution in [0.1, 0.15) is 6.42 Å². The molecule has 0 radical (unpaired) electrons. The monoisotopic (exact) mass is 295 g/mol. The van der Waals surface area contributed by atoms with Gasteiger partial charge in [-0.2, -0.15) is 13.2 Å². The van der Waals surface area contributed by atoms with Gasteiger partial charge in [0.1, 0.15) is 5.84 Å². The maximum Gasteiger partial charge on any atom is 0.449 e. The average Bonchev–Trinajstić information content (AvgIpc) is 2.33. The second-order valence-electron chi connectivity index (χ2n) is 4.07. The molecule has 0 aliphatic carbocycles. The predicted octanol–water partition coefficient (Wildman–Crippen LogP) is 0.314. The molecule has 20 heavy (non-hydrogen) atoms. The number of rotatable bonds is 3. The summed E-state index contributed by atoms with van der Waals surface area (Å²) < 4.78 is 37.1. The van der Waals surface area contributed by atoms with Crippen molar-refractivity contribution in [2.45, 2.75) is 12.6 Å². The Morgan fingerprint density at radius 1 is 1.40 bits per heavy atom. The van der Waals surface area contributed by atoms with E-state index in [0.29, 0.717) is 4.90 Å². The minimum Gasteiger partial charge on any atom is -0.333 e. The quantitative estimate of drug-likeness (QED) is 0.337. The van der Waals surface area contributed by atoms with Crippen LogP contribution in [0.3, 0.4) is 0 Å². The van der Waals surface area contributed by atoms with Crippen LogP contribution in [0.15, 0.2) is 0 Å². The van der Waals surface area contributed by atoms with Gasteiger partial charge in [0.15, 0.2) is 0 Å². The van der Waals surface area contributed by atoms with Gasteiger partial charge in [-0.15, -0.1) is 0 Å². The number of nitrogens with one attached hydrogen (secondary N) is 2. The van der Waals surface area contributed by atoms with Crippen LogP contribution in [-0.4, -0.2) is 64.7 Å². The molecular formula is C9H12F3N5O3. The zero-order valence-electron chi connectivity index (χ0n) is 10.2. The fourth-order valence-corrected chi connectivity index (χ4v) is 1.66. The van der Waals surface area contributed by atoms with E-state index in [9.17, 15) is 28.1 Å². The first kappa shape index (κ1) is 15.9. The van der Waals surface area contributed by atoms with E-state index in [0.717, 1.165) is 4.90 Å². The molecule has 0 saturated carbocycles. The SMILES string of the molecule is N=C1CN(C(=O)CC[N+](=O)[O-])CCN1C(=N)C(F)(F)F. The predicted molar refractivity (Wildman–Crippen MR) is 61.3 cm³/mol. The topological polar surface area (TPSA) is 114 Å². The molecule has 2 N–H and O–H groups in total. The molecule has 1 aliphatic heterocycles. The van der Waals surface area contributed by atoms with Gasteiger partial charge in [0, 0.05) is 18.0 Å². The Morgan fingerprint density at radius 2 is 2.00 bits per heavy atom. The van der Waals surface area contributed by atoms with Gasteiger partial charge in [-0.3, -0.25) is 25.7 Å². The molecule has 0 aromatic carbocycles. The van der Waals surface area contributed by atoms with Crippen molar-refractivity contribution in [1.82, 2.24) is 9.80 Å². The number of carbonyl (C=O) groups is 1. The Bertz CT molecular complexity index is 451. The summed E-state index contributed by atoms with van der Waals surface area (Å²) in [4.78, 5) is 22.6. The number of hydrogen-bond donors (Lipinski definition) is 2. The van der Waals surface area contributed by atoms with E-state index < -0.39 is 41.8 Å². The van der Waals surface area contributed by atoms with Crippen molar-refractivity contribution in [2.75, 3.05) is 26.2 Å². The van der Waals surface area contributed by atoms with E-state index in [1.54, 1.807) is 0 Å². The van der Waals surface area contributed by atoms with Gasteiger partial charge in [0.25, 0.3) is 0 Å². The van der Waals surface area contributed by atoms with Crippen LogP contribution in [0.5, 0.6) is 0 Å². The third kappa shape index (κ3) is 3.90. The van der Waals surface area contributed by atoms with E-state index in [2.05, 4.69) is 0 Å². The van der Waals surface area contributed by atoms with Gasteiger partial charge in [0.2, 0.25) is 18.3 Å². The van der Waals surface area contributed by atoms with Crippen LogP contribution in [0.2, 0.25) is 0 Å². The minimum atomic E-state index is -4.86. The van der Waals surface area contributed by atoms with E-state index in [1.807, 2.05) is 0 Å². The third-order valence-corrected chi connectivity index (χ3v) is 2.66. The van der Waals surface area contributed by atoms with Crippen molar-refractivity contribution in [2.24, 2.45) is 0 Å². The molecule has 1 heterocycles. The molecule has 1 amide bonds. The van der Waals surface area contributed by atoms with Crippen molar-refractivity contribution in [1.29, 1.82) is 10.8 Å². The van der Waals surface area contributed by atoms with Gasteiger partial charge >= 0.3 is 6.18 Å². The first-order valence-electron chi connectivity index (χ1n) is 5.53. The van der Waals surface area contributed by atoms with E-state index >= 15 is 0 Å². The highest BCUT2D eigenvalue weighted by Gasteiger charge is 2.41. The smallest absolute Gasteiger partial charge is 0.333 e. The Labute approximate surface area is 111 Å². The van der Waals surface area contributed by atoms with Crippen LogP contribution >= 0.6 is 0 Å². The molecule has 8 nitrogen and oxygen atoms in total. The molecule has 0 atom stereocenters. The molecule has 1 rings (SSSR count). The minimum absolute atomic E-state index is 0.114. The number of nitrogens with zero attached hydrogens (tertiary/aromatic N) is 3. The van der Waals surface area contributed by atoms with Crippen LogP contribution in [-0.2, 0) is 4.79 Å². The molecule has 0 spiro atoms. The summed E-state index contributed by atoms with van der Waals surface area (Å²) in [6, 6.07) is 0. The number of carbonyl (C=O) groups excluding carboxylic acids is 1. The number of amidine groups is 2. The van der Waals surface area contributed by atoms with Crippen LogP contribution in [0.4, 0.5) is 13.2 Å². The lowest BCUT2D eigenvalue weighted by Gasteiger charge is -2.36. The fraction of sp³-hybridized carbons (Fsp3) is 0.667. The molecule has 0 aromatic heterocycles. The van der Waals surface area contributed by atoms with Crippen LogP contribution < -0.4 is 0 Å². The van der Waals surface area contributed by atoms with Gasteiger partial charge in [-0.1, -0.05) is 0 Å². The summed E-state index contributed by atoms with van der Waals surface area (Å²) in [5.41, 5.74) is 0. The van der Waals surface area contributed by atoms with Crippen LogP contribution in [0, 0.1) is 20.9 Å². The number of hydrogen-bond acceptors (Lipinski definition) is 5. The first-order chi connectivity index (χ1) is 9.12. The van der Waals surface area contributed by atoms with Crippen molar-refractivity contribution >= 4 is 17.6 Å². The Hall–Kier alpha value is -2.20. The molecule has 11 heteroatoms. The Morgan fingerprint density at radius 3 is 2.45 bits per heavy atom. The lowest BCUT2D eigenvalue weighted by Crippen LogP contribution is -2.56. The molecule has 0 bridgehead atoms. The van der Waals surface area contributed by atoms with Gasteiger partial charge in [-0.05, 0) is 0 Å². The number of halogens is 3. The summed E-state index contributed by atoms with van der Waals surface area (Å²) in [7, 11) is 0. The van der Waals surface area contributed by atoms with Gasteiger partial charge in [-0.25, -0.2) is 0 Å². The Kier molecular flexibility index (Phi) is 4.63. The molecule has 1 aliphatic rings.